The summed E-state index contributed by atoms with van der Waals surface area (Å²) in [5.74, 6) is -0.175. The van der Waals surface area contributed by atoms with Gasteiger partial charge in [0, 0.05) is 17.3 Å². The molecule has 1 atom stereocenters. The molecule has 0 radical (unpaired) electrons. The molecule has 4 nitrogen and oxygen atoms in total. The van der Waals surface area contributed by atoms with Crippen LogP contribution >= 0.6 is 11.6 Å². The van der Waals surface area contributed by atoms with Crippen LogP contribution in [-0.2, 0) is 0 Å². The van der Waals surface area contributed by atoms with Crippen molar-refractivity contribution in [1.82, 2.24) is 10.3 Å². The lowest BCUT2D eigenvalue weighted by Crippen LogP contribution is -2.29. The van der Waals surface area contributed by atoms with Crippen molar-refractivity contribution in [3.8, 4) is 5.75 Å². The molecule has 1 amide bonds. The molecule has 28 heavy (non-hydrogen) atoms. The Labute approximate surface area is 167 Å². The van der Waals surface area contributed by atoms with Gasteiger partial charge in [-0.1, -0.05) is 72.3 Å². The van der Waals surface area contributed by atoms with Crippen LogP contribution in [0.1, 0.15) is 27.5 Å². The first-order valence-electron chi connectivity index (χ1n) is 8.81. The summed E-state index contributed by atoms with van der Waals surface area (Å²) in [6.45, 7) is 0. The molecule has 0 saturated carbocycles. The molecule has 0 spiro atoms. The highest BCUT2D eigenvalue weighted by Crippen LogP contribution is 2.36. The first-order chi connectivity index (χ1) is 13.6. The van der Waals surface area contributed by atoms with E-state index < -0.39 is 6.04 Å². The number of phenols is 1. The van der Waals surface area contributed by atoms with Crippen molar-refractivity contribution in [3.63, 3.8) is 0 Å². The van der Waals surface area contributed by atoms with Crippen LogP contribution in [0.3, 0.4) is 0 Å². The van der Waals surface area contributed by atoms with Crippen LogP contribution in [-0.4, -0.2) is 16.0 Å². The molecule has 138 valence electrons. The van der Waals surface area contributed by atoms with Crippen LogP contribution in [0.25, 0.3) is 10.8 Å². The Bertz CT molecular complexity index is 1150. The quantitative estimate of drug-likeness (QED) is 0.477. The van der Waals surface area contributed by atoms with E-state index in [1.165, 1.54) is 12.3 Å². The Kier molecular flexibility index (Phi) is 4.96. The predicted octanol–water partition coefficient (Wildman–Crippen LogP) is 5.11. The summed E-state index contributed by atoms with van der Waals surface area (Å²) in [6.07, 6.45) is 1.49. The number of carbonyl (C=O) groups is 1. The second kappa shape index (κ2) is 7.71. The van der Waals surface area contributed by atoms with Crippen molar-refractivity contribution in [2.45, 2.75) is 6.04 Å². The van der Waals surface area contributed by atoms with Gasteiger partial charge in [0.05, 0.1) is 6.04 Å². The normalized spacial score (nSPS) is 11.9. The number of amides is 1. The molecule has 0 aliphatic carbocycles. The average molecular weight is 389 g/mol. The topological polar surface area (TPSA) is 62.2 Å². The SMILES string of the molecule is O=C(NC(c1ccccc1)c1c(O)ccc2ccccc12)c1ccnc(Cl)c1. The third-order valence-electron chi connectivity index (χ3n) is 4.63. The summed E-state index contributed by atoms with van der Waals surface area (Å²) in [7, 11) is 0. The highest BCUT2D eigenvalue weighted by molar-refractivity contribution is 6.29. The fourth-order valence-corrected chi connectivity index (χ4v) is 3.49. The molecule has 0 aliphatic rings. The Morgan fingerprint density at radius 3 is 2.50 bits per heavy atom. The summed E-state index contributed by atoms with van der Waals surface area (Å²) in [6, 6.07) is 23.4. The lowest BCUT2D eigenvalue weighted by Gasteiger charge is -2.22. The molecule has 4 aromatic rings. The van der Waals surface area contributed by atoms with Crippen molar-refractivity contribution >= 4 is 28.3 Å². The summed E-state index contributed by atoms with van der Waals surface area (Å²) in [5, 5.41) is 15.8. The minimum absolute atomic E-state index is 0.126. The number of fused-ring (bicyclic) bond motifs is 1. The number of hydrogen-bond donors (Lipinski definition) is 2. The van der Waals surface area contributed by atoms with Gasteiger partial charge in [0.1, 0.15) is 10.9 Å². The van der Waals surface area contributed by atoms with Crippen molar-refractivity contribution < 1.29 is 9.90 Å². The maximum atomic E-state index is 12.9. The van der Waals surface area contributed by atoms with E-state index in [4.69, 9.17) is 11.6 Å². The number of benzene rings is 3. The molecular formula is C23H17ClN2O2. The monoisotopic (exact) mass is 388 g/mol. The molecule has 0 aliphatic heterocycles. The van der Waals surface area contributed by atoms with Crippen LogP contribution in [0.5, 0.6) is 5.75 Å². The predicted molar refractivity (Wildman–Crippen MR) is 111 cm³/mol. The van der Waals surface area contributed by atoms with Gasteiger partial charge in [-0.25, -0.2) is 4.98 Å². The fraction of sp³-hybridized carbons (Fsp3) is 0.0435. The second-order valence-electron chi connectivity index (χ2n) is 6.40. The van der Waals surface area contributed by atoms with Crippen molar-refractivity contribution in [3.05, 3.63) is 107 Å². The van der Waals surface area contributed by atoms with Crippen molar-refractivity contribution in [2.75, 3.05) is 0 Å². The molecule has 5 heteroatoms. The van der Waals surface area contributed by atoms with Gasteiger partial charge in [-0.3, -0.25) is 4.79 Å². The van der Waals surface area contributed by atoms with E-state index in [1.54, 1.807) is 12.1 Å². The zero-order chi connectivity index (χ0) is 19.5. The van der Waals surface area contributed by atoms with Gasteiger partial charge in [0.25, 0.3) is 5.91 Å². The zero-order valence-electron chi connectivity index (χ0n) is 14.8. The number of aromatic hydroxyl groups is 1. The second-order valence-corrected chi connectivity index (χ2v) is 6.79. The van der Waals surface area contributed by atoms with E-state index >= 15 is 0 Å². The van der Waals surface area contributed by atoms with Gasteiger partial charge >= 0.3 is 0 Å². The van der Waals surface area contributed by atoms with E-state index in [1.807, 2.05) is 60.7 Å². The highest BCUT2D eigenvalue weighted by Gasteiger charge is 2.23. The standard InChI is InChI=1S/C23H17ClN2O2/c24-20-14-17(12-13-25-20)23(28)26-22(16-7-2-1-3-8-16)21-18-9-5-4-6-15(18)10-11-19(21)27/h1-14,22,27H,(H,26,28). The van der Waals surface area contributed by atoms with Crippen LogP contribution < -0.4 is 5.32 Å². The van der Waals surface area contributed by atoms with Crippen LogP contribution in [0.2, 0.25) is 5.15 Å². The summed E-state index contributed by atoms with van der Waals surface area (Å²) in [4.78, 5) is 16.8. The summed E-state index contributed by atoms with van der Waals surface area (Å²) < 4.78 is 0. The Hall–Kier alpha value is -3.37. The van der Waals surface area contributed by atoms with E-state index in [-0.39, 0.29) is 16.8 Å². The molecule has 2 N–H and O–H groups in total. The van der Waals surface area contributed by atoms with Gasteiger partial charge in [0.15, 0.2) is 0 Å². The molecule has 0 bridgehead atoms. The number of aromatic nitrogens is 1. The molecule has 1 aromatic heterocycles. The molecule has 0 fully saturated rings. The summed E-state index contributed by atoms with van der Waals surface area (Å²) >= 11 is 5.93. The zero-order valence-corrected chi connectivity index (χ0v) is 15.6. The molecule has 1 unspecified atom stereocenters. The van der Waals surface area contributed by atoms with E-state index in [2.05, 4.69) is 10.3 Å². The number of halogens is 1. The number of carbonyl (C=O) groups excluding carboxylic acids is 1. The van der Waals surface area contributed by atoms with Gasteiger partial charge in [-0.15, -0.1) is 0 Å². The lowest BCUT2D eigenvalue weighted by atomic mass is 9.92. The van der Waals surface area contributed by atoms with Crippen molar-refractivity contribution in [1.29, 1.82) is 0 Å². The average Bonchev–Trinajstić information content (AvgIpc) is 2.73. The Balaban J connectivity index is 1.84. The summed E-state index contributed by atoms with van der Waals surface area (Å²) in [5.41, 5.74) is 1.92. The third-order valence-corrected chi connectivity index (χ3v) is 4.84. The largest absolute Gasteiger partial charge is 0.508 e. The number of rotatable bonds is 4. The van der Waals surface area contributed by atoms with E-state index in [0.29, 0.717) is 11.1 Å². The van der Waals surface area contributed by atoms with Gasteiger partial charge in [0.2, 0.25) is 0 Å². The maximum absolute atomic E-state index is 12.9. The number of phenolic OH excluding ortho intramolecular Hbond substituents is 1. The molecular weight excluding hydrogens is 372 g/mol. The Morgan fingerprint density at radius 2 is 1.71 bits per heavy atom. The smallest absolute Gasteiger partial charge is 0.252 e. The van der Waals surface area contributed by atoms with E-state index in [0.717, 1.165) is 16.3 Å². The molecule has 3 aromatic carbocycles. The van der Waals surface area contributed by atoms with Crippen molar-refractivity contribution in [2.24, 2.45) is 0 Å². The van der Waals surface area contributed by atoms with Crippen LogP contribution in [0.4, 0.5) is 0 Å². The first kappa shape index (κ1) is 18.0. The van der Waals surface area contributed by atoms with E-state index in [9.17, 15) is 9.90 Å². The van der Waals surface area contributed by atoms with Gasteiger partial charge in [-0.2, -0.15) is 0 Å². The lowest BCUT2D eigenvalue weighted by molar-refractivity contribution is 0.0943. The molecule has 0 saturated heterocycles. The van der Waals surface area contributed by atoms with Gasteiger partial charge < -0.3 is 10.4 Å². The van der Waals surface area contributed by atoms with Crippen LogP contribution in [0, 0.1) is 0 Å². The fourth-order valence-electron chi connectivity index (χ4n) is 3.31. The number of nitrogens with one attached hydrogen (secondary N) is 1. The first-order valence-corrected chi connectivity index (χ1v) is 9.19. The Morgan fingerprint density at radius 1 is 0.964 bits per heavy atom. The minimum atomic E-state index is -0.535. The third kappa shape index (κ3) is 3.55. The maximum Gasteiger partial charge on any atom is 0.252 e. The molecule has 4 rings (SSSR count). The molecule has 1 heterocycles. The van der Waals surface area contributed by atoms with Gasteiger partial charge in [-0.05, 0) is 34.5 Å². The number of nitrogens with zero attached hydrogens (tertiary/aromatic N) is 1. The van der Waals surface area contributed by atoms with Crippen LogP contribution in [0.15, 0.2) is 85.1 Å². The number of hydrogen-bond acceptors (Lipinski definition) is 3. The number of pyridine rings is 1. The minimum Gasteiger partial charge on any atom is -0.508 e. The highest BCUT2D eigenvalue weighted by atomic mass is 35.5.